The van der Waals surface area contributed by atoms with Crippen LogP contribution < -0.4 is 20.1 Å². The van der Waals surface area contributed by atoms with Crippen LogP contribution in [0.2, 0.25) is 0 Å². The van der Waals surface area contributed by atoms with Gasteiger partial charge in [-0.15, -0.1) is 0 Å². The molecule has 164 valence electrons. The predicted molar refractivity (Wildman–Crippen MR) is 112 cm³/mol. The number of allylic oxidation sites excluding steroid dienone is 3. The minimum absolute atomic E-state index is 0.0350. The number of anilines is 1. The fourth-order valence-electron chi connectivity index (χ4n) is 4.49. The molecule has 2 aliphatic heterocycles. The first kappa shape index (κ1) is 20.2. The van der Waals surface area contributed by atoms with Gasteiger partial charge in [0.1, 0.15) is 11.6 Å². The van der Waals surface area contributed by atoms with Crippen molar-refractivity contribution in [1.82, 2.24) is 5.32 Å². The number of nitrogens with one attached hydrogen (secondary N) is 2. The van der Waals surface area contributed by atoms with E-state index >= 15 is 0 Å². The number of ether oxygens (including phenoxy) is 2. The quantitative estimate of drug-likeness (QED) is 0.747. The highest BCUT2D eigenvalue weighted by molar-refractivity contribution is 6.09. The van der Waals surface area contributed by atoms with Crippen molar-refractivity contribution >= 4 is 17.4 Å². The van der Waals surface area contributed by atoms with E-state index in [1.807, 2.05) is 0 Å². The molecule has 1 aliphatic carbocycles. The normalized spacial score (nSPS) is 19.6. The molecule has 0 bridgehead atoms. The number of halogens is 2. The number of amides is 1. The maximum Gasteiger partial charge on any atom is 0.254 e. The minimum atomic E-state index is -0.881. The van der Waals surface area contributed by atoms with E-state index < -0.39 is 23.5 Å². The summed E-state index contributed by atoms with van der Waals surface area (Å²) < 4.78 is 38.4. The Kier molecular flexibility index (Phi) is 4.92. The van der Waals surface area contributed by atoms with Crippen LogP contribution in [0.5, 0.6) is 11.5 Å². The average Bonchev–Trinajstić information content (AvgIpc) is 3.22. The zero-order valence-corrected chi connectivity index (χ0v) is 17.3. The molecule has 6 nitrogen and oxygen atoms in total. The molecule has 2 N–H and O–H groups in total. The third-order valence-corrected chi connectivity index (χ3v) is 5.93. The highest BCUT2D eigenvalue weighted by Crippen LogP contribution is 2.45. The van der Waals surface area contributed by atoms with Gasteiger partial charge in [-0.05, 0) is 49.6 Å². The maximum atomic E-state index is 14.2. The Hall–Kier alpha value is -3.68. The number of rotatable bonds is 3. The van der Waals surface area contributed by atoms with E-state index in [-0.39, 0.29) is 18.3 Å². The molecule has 0 radical (unpaired) electrons. The lowest BCUT2D eigenvalue weighted by atomic mass is 9.75. The van der Waals surface area contributed by atoms with Crippen LogP contribution in [-0.2, 0) is 9.59 Å². The van der Waals surface area contributed by atoms with E-state index in [4.69, 9.17) is 9.47 Å². The maximum absolute atomic E-state index is 14.2. The third kappa shape index (κ3) is 3.41. The number of ketones is 1. The van der Waals surface area contributed by atoms with Gasteiger partial charge in [-0.25, -0.2) is 8.78 Å². The Bertz CT molecular complexity index is 1220. The molecule has 2 heterocycles. The van der Waals surface area contributed by atoms with Gasteiger partial charge in [0, 0.05) is 40.9 Å². The molecule has 0 fully saturated rings. The van der Waals surface area contributed by atoms with Crippen molar-refractivity contribution in [3.63, 3.8) is 0 Å². The Morgan fingerprint density at radius 3 is 2.72 bits per heavy atom. The van der Waals surface area contributed by atoms with E-state index in [0.29, 0.717) is 52.8 Å². The topological polar surface area (TPSA) is 76.7 Å². The zero-order chi connectivity index (χ0) is 22.4. The lowest BCUT2D eigenvalue weighted by Gasteiger charge is -2.34. The van der Waals surface area contributed by atoms with Crippen LogP contribution >= 0.6 is 0 Å². The zero-order valence-electron chi connectivity index (χ0n) is 17.3. The summed E-state index contributed by atoms with van der Waals surface area (Å²) in [5, 5.41) is 5.74. The van der Waals surface area contributed by atoms with Crippen LogP contribution in [0.1, 0.15) is 37.7 Å². The molecule has 8 heteroatoms. The first-order chi connectivity index (χ1) is 15.4. The molecule has 2 aromatic rings. The fraction of sp³-hybridized carbons (Fsp3) is 0.250. The van der Waals surface area contributed by atoms with Gasteiger partial charge in [0.2, 0.25) is 6.79 Å². The molecule has 1 unspecified atom stereocenters. The monoisotopic (exact) mass is 438 g/mol. The summed E-state index contributed by atoms with van der Waals surface area (Å²) >= 11 is 0. The molecule has 0 saturated heterocycles. The summed E-state index contributed by atoms with van der Waals surface area (Å²) in [5.41, 5.74) is 2.75. The summed E-state index contributed by atoms with van der Waals surface area (Å²) in [5.74, 6) is -1.76. The van der Waals surface area contributed by atoms with Crippen molar-refractivity contribution < 1.29 is 27.8 Å². The third-order valence-electron chi connectivity index (χ3n) is 5.93. The second kappa shape index (κ2) is 7.78. The Balaban J connectivity index is 1.59. The van der Waals surface area contributed by atoms with E-state index in [0.717, 1.165) is 18.2 Å². The Morgan fingerprint density at radius 1 is 1.09 bits per heavy atom. The first-order valence-corrected chi connectivity index (χ1v) is 10.3. The minimum Gasteiger partial charge on any atom is -0.454 e. The molecular weight excluding hydrogens is 418 g/mol. The summed E-state index contributed by atoms with van der Waals surface area (Å²) in [7, 11) is 0. The fourth-order valence-corrected chi connectivity index (χ4v) is 4.49. The molecule has 32 heavy (non-hydrogen) atoms. The molecule has 1 atom stereocenters. The van der Waals surface area contributed by atoms with Gasteiger partial charge in [-0.3, -0.25) is 9.59 Å². The van der Waals surface area contributed by atoms with Gasteiger partial charge < -0.3 is 20.1 Å². The van der Waals surface area contributed by atoms with E-state index in [2.05, 4.69) is 10.6 Å². The SMILES string of the molecule is CC1=C(C(=O)Nc2ccc(F)cc2F)C(c2ccc3c(c2)OCO3)C2=C(CCCC2=O)N1. The van der Waals surface area contributed by atoms with Crippen molar-refractivity contribution in [1.29, 1.82) is 0 Å². The lowest BCUT2D eigenvalue weighted by molar-refractivity contribution is -0.116. The molecule has 0 spiro atoms. The first-order valence-electron chi connectivity index (χ1n) is 10.3. The number of dihydropyridines is 1. The van der Waals surface area contributed by atoms with E-state index in [9.17, 15) is 18.4 Å². The summed E-state index contributed by atoms with van der Waals surface area (Å²) in [6.45, 7) is 1.85. The van der Waals surface area contributed by atoms with Crippen LogP contribution in [0, 0.1) is 11.6 Å². The van der Waals surface area contributed by atoms with E-state index in [1.54, 1.807) is 25.1 Å². The standard InChI is InChI=1S/C24H20F2N2O4/c1-12-21(24(30)28-16-7-6-14(25)10-15(16)26)22(23-17(27-12)3-2-4-18(23)29)13-5-8-19-20(9-13)32-11-31-19/h5-10,22,27H,2-4,11H2,1H3,(H,28,30). The number of benzene rings is 2. The number of hydrogen-bond acceptors (Lipinski definition) is 5. The van der Waals surface area contributed by atoms with Crippen LogP contribution in [0.3, 0.4) is 0 Å². The van der Waals surface area contributed by atoms with Crippen molar-refractivity contribution in [2.24, 2.45) is 0 Å². The van der Waals surface area contributed by atoms with Crippen molar-refractivity contribution in [3.8, 4) is 11.5 Å². The molecule has 2 aromatic carbocycles. The van der Waals surface area contributed by atoms with Crippen LogP contribution in [0.15, 0.2) is 58.9 Å². The van der Waals surface area contributed by atoms with Crippen molar-refractivity contribution in [3.05, 3.63) is 76.1 Å². The van der Waals surface area contributed by atoms with Gasteiger partial charge in [-0.2, -0.15) is 0 Å². The van der Waals surface area contributed by atoms with E-state index in [1.165, 1.54) is 6.07 Å². The molecule has 0 saturated carbocycles. The number of fused-ring (bicyclic) bond motifs is 1. The highest BCUT2D eigenvalue weighted by Gasteiger charge is 2.39. The predicted octanol–water partition coefficient (Wildman–Crippen LogP) is 4.30. The van der Waals surface area contributed by atoms with Gasteiger partial charge in [0.25, 0.3) is 5.91 Å². The van der Waals surface area contributed by atoms with Gasteiger partial charge in [-0.1, -0.05) is 6.07 Å². The van der Waals surface area contributed by atoms with Crippen molar-refractivity contribution in [2.45, 2.75) is 32.1 Å². The second-order valence-electron chi connectivity index (χ2n) is 7.96. The van der Waals surface area contributed by atoms with Gasteiger partial charge in [0.05, 0.1) is 5.69 Å². The number of hydrogen-bond donors (Lipinski definition) is 2. The van der Waals surface area contributed by atoms with Gasteiger partial charge in [0.15, 0.2) is 17.3 Å². The number of carbonyl (C=O) groups is 2. The number of Topliss-reactive ketones (excluding diaryl/α,β-unsaturated/α-hetero) is 1. The van der Waals surface area contributed by atoms with Crippen LogP contribution in [0.4, 0.5) is 14.5 Å². The van der Waals surface area contributed by atoms with Crippen LogP contribution in [-0.4, -0.2) is 18.5 Å². The molecule has 0 aromatic heterocycles. The molecular formula is C24H20F2N2O4. The van der Waals surface area contributed by atoms with Crippen molar-refractivity contribution in [2.75, 3.05) is 12.1 Å². The summed E-state index contributed by atoms with van der Waals surface area (Å²) in [6, 6.07) is 8.26. The molecule has 1 amide bonds. The lowest BCUT2D eigenvalue weighted by Crippen LogP contribution is -2.35. The smallest absolute Gasteiger partial charge is 0.254 e. The van der Waals surface area contributed by atoms with Gasteiger partial charge >= 0.3 is 0 Å². The Labute approximate surface area is 182 Å². The van der Waals surface area contributed by atoms with Crippen LogP contribution in [0.25, 0.3) is 0 Å². The summed E-state index contributed by atoms with van der Waals surface area (Å²) in [4.78, 5) is 26.3. The Morgan fingerprint density at radius 2 is 1.91 bits per heavy atom. The molecule has 3 aliphatic rings. The highest BCUT2D eigenvalue weighted by atomic mass is 19.1. The largest absolute Gasteiger partial charge is 0.454 e. The number of carbonyl (C=O) groups excluding carboxylic acids is 2. The summed E-state index contributed by atoms with van der Waals surface area (Å²) in [6.07, 6.45) is 1.82. The molecule has 5 rings (SSSR count). The average molecular weight is 438 g/mol. The second-order valence-corrected chi connectivity index (χ2v) is 7.96.